The van der Waals surface area contributed by atoms with Gasteiger partial charge in [0.2, 0.25) is 5.88 Å². The van der Waals surface area contributed by atoms with E-state index >= 15 is 4.39 Å². The van der Waals surface area contributed by atoms with Crippen LogP contribution in [-0.2, 0) is 0 Å². The predicted octanol–water partition coefficient (Wildman–Crippen LogP) is 5.80. The number of anilines is 1. The molecule has 4 aromatic rings. The van der Waals surface area contributed by atoms with Crippen LogP contribution in [0.25, 0.3) is 32.9 Å². The summed E-state index contributed by atoms with van der Waals surface area (Å²) in [4.78, 5) is 17.9. The molecule has 0 radical (unpaired) electrons. The number of alkyl halides is 3. The Labute approximate surface area is 290 Å². The number of terminal acetylenes is 1. The third-order valence-corrected chi connectivity index (χ3v) is 11.7. The third kappa shape index (κ3) is 5.22. The maximum absolute atomic E-state index is 17.1. The second-order valence-corrected chi connectivity index (χ2v) is 15.1. The van der Waals surface area contributed by atoms with Crippen molar-refractivity contribution in [1.29, 1.82) is 0 Å². The number of aromatic hydroxyl groups is 1. The van der Waals surface area contributed by atoms with Crippen LogP contribution >= 0.6 is 0 Å². The molecule has 3 aliphatic heterocycles. The van der Waals surface area contributed by atoms with Crippen molar-refractivity contribution >= 4 is 27.5 Å². The average Bonchev–Trinajstić information content (AvgIpc) is 3.96. The van der Waals surface area contributed by atoms with Crippen LogP contribution in [0.15, 0.2) is 24.3 Å². The summed E-state index contributed by atoms with van der Waals surface area (Å²) in [5.74, 6) is 0.640. The van der Waals surface area contributed by atoms with Gasteiger partial charge in [0.15, 0.2) is 5.82 Å². The lowest BCUT2D eigenvalue weighted by atomic mass is 9.95. The summed E-state index contributed by atoms with van der Waals surface area (Å²) < 4.78 is 85.3. The number of hydrogen-bond acceptors (Lipinski definition) is 9. The van der Waals surface area contributed by atoms with Crippen LogP contribution in [0.4, 0.5) is 27.8 Å². The molecule has 5 heterocycles. The monoisotopic (exact) mass is 706 g/mol. The summed E-state index contributed by atoms with van der Waals surface area (Å²) in [6.45, 7) is 2.23. The number of benzene rings is 2. The topological polar surface area (TPSA) is 95.9 Å². The molecule has 9 rings (SSSR count). The molecule has 3 saturated heterocycles. The first-order valence-electron chi connectivity index (χ1n) is 17.2. The predicted molar refractivity (Wildman–Crippen MR) is 179 cm³/mol. The number of likely N-dealkylation sites (tertiary alicyclic amines) is 1. The highest BCUT2D eigenvalue weighted by Crippen LogP contribution is 2.66. The summed E-state index contributed by atoms with van der Waals surface area (Å²) >= 11 is 0. The number of rotatable bonds is 8. The Bertz CT molecular complexity index is 2140. The second kappa shape index (κ2) is 11.3. The van der Waals surface area contributed by atoms with Crippen molar-refractivity contribution in [3.63, 3.8) is 0 Å². The molecule has 2 bridgehead atoms. The van der Waals surface area contributed by atoms with E-state index in [1.807, 2.05) is 4.90 Å². The second-order valence-electron chi connectivity index (χ2n) is 15.1. The van der Waals surface area contributed by atoms with Gasteiger partial charge in [-0.1, -0.05) is 12.0 Å². The number of nitrogens with one attached hydrogen (secondary N) is 1. The van der Waals surface area contributed by atoms with Gasteiger partial charge in [-0.3, -0.25) is 0 Å². The number of nitrogens with zero attached hydrogens (tertiary/aromatic N) is 5. The van der Waals surface area contributed by atoms with Crippen molar-refractivity contribution in [1.82, 2.24) is 25.2 Å². The number of phenolic OH excluding ortho intramolecular Hbond substituents is 1. The number of aromatic nitrogens is 3. The number of piperazine rings is 1. The zero-order valence-electron chi connectivity index (χ0n) is 27.8. The molecule has 0 amide bonds. The molecule has 2 saturated carbocycles. The zero-order valence-corrected chi connectivity index (χ0v) is 27.8. The van der Waals surface area contributed by atoms with Gasteiger partial charge in [-0.05, 0) is 61.6 Å². The van der Waals surface area contributed by atoms with Crippen molar-refractivity contribution in [2.24, 2.45) is 16.7 Å². The van der Waals surface area contributed by atoms with Crippen LogP contribution in [0.5, 0.6) is 17.6 Å². The molecule has 5 aliphatic rings. The standard InChI is InChI=1S/C37H35F5N6O3/c1-3-24-26(38)7-4-19-10-23(49)11-25(27(19)24)30-29(39)31-28(33(44-30)50-2)32(48-14-21-5-6-22(15-48)43-21)46-34(45-31)51-18-35(8-9-35)16-47-13-20-12-36(20,17-47)37(40,41)42/h1,4,7,10-11,20-22,43,49H,5-6,8-9,12-18H2,2H3. The van der Waals surface area contributed by atoms with E-state index in [0.29, 0.717) is 37.4 Å². The average molecular weight is 707 g/mol. The quantitative estimate of drug-likeness (QED) is 0.174. The van der Waals surface area contributed by atoms with Crippen LogP contribution in [0.2, 0.25) is 0 Å². The summed E-state index contributed by atoms with van der Waals surface area (Å²) in [5, 5.41) is 15.0. The molecule has 2 aromatic carbocycles. The lowest BCUT2D eigenvalue weighted by Crippen LogP contribution is -2.51. The lowest BCUT2D eigenvalue weighted by Gasteiger charge is -2.34. The van der Waals surface area contributed by atoms with Gasteiger partial charge in [-0.15, -0.1) is 6.42 Å². The Kier molecular flexibility index (Phi) is 7.16. The first-order chi connectivity index (χ1) is 24.4. The van der Waals surface area contributed by atoms with E-state index in [2.05, 4.69) is 26.1 Å². The van der Waals surface area contributed by atoms with Crippen LogP contribution in [0, 0.1) is 40.7 Å². The Hall–Kier alpha value is -4.48. The Morgan fingerprint density at radius 1 is 1.06 bits per heavy atom. The maximum atomic E-state index is 17.1. The summed E-state index contributed by atoms with van der Waals surface area (Å²) in [7, 11) is 1.40. The molecular weight excluding hydrogens is 671 g/mol. The first kappa shape index (κ1) is 32.4. The van der Waals surface area contributed by atoms with E-state index in [9.17, 15) is 22.7 Å². The van der Waals surface area contributed by atoms with Gasteiger partial charge in [0, 0.05) is 61.2 Å². The van der Waals surface area contributed by atoms with Crippen molar-refractivity contribution in [2.45, 2.75) is 50.4 Å². The van der Waals surface area contributed by atoms with Crippen molar-refractivity contribution < 1.29 is 36.5 Å². The van der Waals surface area contributed by atoms with E-state index in [0.717, 1.165) is 25.7 Å². The molecule has 51 heavy (non-hydrogen) atoms. The minimum Gasteiger partial charge on any atom is -0.508 e. The minimum atomic E-state index is -4.21. The molecule has 4 atom stereocenters. The van der Waals surface area contributed by atoms with Gasteiger partial charge >= 0.3 is 12.2 Å². The van der Waals surface area contributed by atoms with Crippen molar-refractivity contribution in [3.05, 3.63) is 41.5 Å². The zero-order chi connectivity index (χ0) is 35.4. The highest BCUT2D eigenvalue weighted by Gasteiger charge is 2.74. The van der Waals surface area contributed by atoms with E-state index in [4.69, 9.17) is 20.9 Å². The molecule has 14 heteroatoms. The fraction of sp³-hybridized carbons (Fsp3) is 0.486. The number of pyridine rings is 1. The smallest absolute Gasteiger partial charge is 0.396 e. The van der Waals surface area contributed by atoms with E-state index in [-0.39, 0.29) is 93.7 Å². The van der Waals surface area contributed by atoms with E-state index in [1.54, 1.807) is 0 Å². The third-order valence-electron chi connectivity index (χ3n) is 11.7. The van der Waals surface area contributed by atoms with E-state index in [1.165, 1.54) is 31.4 Å². The van der Waals surface area contributed by atoms with Crippen molar-refractivity contribution in [3.8, 4) is 41.2 Å². The van der Waals surface area contributed by atoms with Gasteiger partial charge in [0.1, 0.15) is 34.0 Å². The normalized spacial score (nSPS) is 26.4. The Morgan fingerprint density at radius 2 is 1.82 bits per heavy atom. The maximum Gasteiger partial charge on any atom is 0.396 e. The summed E-state index contributed by atoms with van der Waals surface area (Å²) in [6, 6.07) is 5.63. The van der Waals surface area contributed by atoms with Gasteiger partial charge < -0.3 is 29.7 Å². The number of hydrogen-bond donors (Lipinski definition) is 2. The highest BCUT2D eigenvalue weighted by atomic mass is 19.4. The van der Waals surface area contributed by atoms with Crippen molar-refractivity contribution in [2.75, 3.05) is 51.3 Å². The molecular formula is C37H35F5N6O3. The molecule has 2 N–H and O–H groups in total. The number of ether oxygens (including phenoxy) is 2. The molecule has 4 unspecified atom stereocenters. The molecule has 2 aliphatic carbocycles. The number of methoxy groups -OCH3 is 1. The summed E-state index contributed by atoms with van der Waals surface area (Å²) in [6.07, 6.45) is 5.22. The largest absolute Gasteiger partial charge is 0.508 e. The Balaban J connectivity index is 1.12. The Morgan fingerprint density at radius 3 is 2.49 bits per heavy atom. The van der Waals surface area contributed by atoms with Crippen LogP contribution in [-0.4, -0.2) is 89.7 Å². The van der Waals surface area contributed by atoms with Gasteiger partial charge in [0.05, 0.1) is 24.7 Å². The molecule has 9 nitrogen and oxygen atoms in total. The van der Waals surface area contributed by atoms with Crippen LogP contribution in [0.1, 0.15) is 37.7 Å². The molecule has 2 aromatic heterocycles. The lowest BCUT2D eigenvalue weighted by molar-refractivity contribution is -0.188. The van der Waals surface area contributed by atoms with Gasteiger partial charge in [-0.2, -0.15) is 23.1 Å². The molecule has 266 valence electrons. The summed E-state index contributed by atoms with van der Waals surface area (Å²) in [5.41, 5.74) is -2.41. The van der Waals surface area contributed by atoms with Crippen LogP contribution in [0.3, 0.4) is 0 Å². The number of halogens is 5. The fourth-order valence-corrected chi connectivity index (χ4v) is 8.81. The first-order valence-corrected chi connectivity index (χ1v) is 17.2. The van der Waals surface area contributed by atoms with Crippen LogP contribution < -0.4 is 19.7 Å². The number of phenols is 1. The number of piperidine rings is 1. The molecule has 0 spiro atoms. The minimum absolute atomic E-state index is 0.000658. The fourth-order valence-electron chi connectivity index (χ4n) is 8.81. The highest BCUT2D eigenvalue weighted by molar-refractivity contribution is 6.04. The van der Waals surface area contributed by atoms with Gasteiger partial charge in [-0.25, -0.2) is 13.8 Å². The van der Waals surface area contributed by atoms with E-state index < -0.39 is 23.2 Å². The van der Waals surface area contributed by atoms with Gasteiger partial charge in [0.25, 0.3) is 0 Å². The molecule has 5 fully saturated rings. The SMILES string of the molecule is C#Cc1c(F)ccc2cc(O)cc(-c3nc(OC)c4c(N5CC6CCC(C5)N6)nc(OCC5(CN6CC7CC7(C(F)(F)F)C6)CC5)nc4c3F)c12. The number of fused-ring (bicyclic) bond motifs is 5.